The van der Waals surface area contributed by atoms with E-state index in [9.17, 15) is 55.9 Å². The van der Waals surface area contributed by atoms with Crippen molar-refractivity contribution in [2.45, 2.75) is 61.4 Å². The Bertz CT molecular complexity index is 1490. The number of ether oxygens (including phenoxy) is 4. The summed E-state index contributed by atoms with van der Waals surface area (Å²) >= 11 is 0. The average molecular weight is 611 g/mol. The summed E-state index contributed by atoms with van der Waals surface area (Å²) in [5.41, 5.74) is -1.07. The van der Waals surface area contributed by atoms with Crippen LogP contribution in [0, 0.1) is 0 Å². The normalized spacial score (nSPS) is 33.0. The lowest BCUT2D eigenvalue weighted by Crippen LogP contribution is -2.65. The second-order valence-electron chi connectivity index (χ2n) is 10.1. The van der Waals surface area contributed by atoms with Gasteiger partial charge in [-0.2, -0.15) is 0 Å². The summed E-state index contributed by atoms with van der Waals surface area (Å²) in [5.74, 6) is -2.15. The lowest BCUT2D eigenvalue weighted by Gasteiger charge is -2.45. The van der Waals surface area contributed by atoms with Crippen LogP contribution in [0.5, 0.6) is 23.0 Å². The molecule has 0 amide bonds. The molecule has 0 aliphatic carbocycles. The summed E-state index contributed by atoms with van der Waals surface area (Å²) in [7, 11) is 0. The van der Waals surface area contributed by atoms with E-state index < -0.39 is 103 Å². The maximum Gasteiger partial charge on any atom is 0.239 e. The molecule has 2 saturated heterocycles. The van der Waals surface area contributed by atoms with Crippen LogP contribution in [0.1, 0.15) is 0 Å². The first-order chi connectivity index (χ1) is 20.4. The van der Waals surface area contributed by atoms with Crippen molar-refractivity contribution in [3.63, 3.8) is 0 Å². The third-order valence-electron chi connectivity index (χ3n) is 7.25. The number of aliphatic hydroxyl groups excluding tert-OH is 7. The molecule has 16 heteroatoms. The molecule has 10 N–H and O–H groups in total. The molecular formula is C27H30O16. The van der Waals surface area contributed by atoms with E-state index in [-0.39, 0.29) is 22.7 Å². The number of hydrogen-bond acceptors (Lipinski definition) is 16. The first-order valence-electron chi connectivity index (χ1n) is 13.0. The van der Waals surface area contributed by atoms with E-state index >= 15 is 0 Å². The summed E-state index contributed by atoms with van der Waals surface area (Å²) in [6, 6.07) is 7.20. The highest BCUT2D eigenvalue weighted by Crippen LogP contribution is 2.38. The van der Waals surface area contributed by atoms with Crippen molar-refractivity contribution in [3.05, 3.63) is 46.6 Å². The van der Waals surface area contributed by atoms with E-state index in [4.69, 9.17) is 23.4 Å². The highest BCUT2D eigenvalue weighted by Gasteiger charge is 2.51. The standard InChI is InChI=1S/C27H30O16/c28-7-14-17(33)20(36)22(38)26(40-14)43-25-21(37)18(34)15(8-29)41-27(25)42-24-19(35)16-12(32)5-11(31)6-13(16)39-23(24)9-1-3-10(30)4-2-9/h1-6,14-15,17-18,20-22,25-34,36-38H,7-8H2/t14-,15+,17-,18-,20+,21+,22-,25-,26+,27+/m1/s1. The second kappa shape index (κ2) is 12.2. The van der Waals surface area contributed by atoms with Gasteiger partial charge in [0.25, 0.3) is 0 Å². The monoisotopic (exact) mass is 610 g/mol. The number of benzene rings is 2. The zero-order valence-electron chi connectivity index (χ0n) is 22.1. The summed E-state index contributed by atoms with van der Waals surface area (Å²) in [6.45, 7) is -1.63. The molecule has 0 bridgehead atoms. The molecular weight excluding hydrogens is 580 g/mol. The van der Waals surface area contributed by atoms with E-state index in [1.807, 2.05) is 0 Å². The van der Waals surface area contributed by atoms with E-state index in [1.165, 1.54) is 24.3 Å². The second-order valence-corrected chi connectivity index (χ2v) is 10.1. The van der Waals surface area contributed by atoms with Gasteiger partial charge in [0.1, 0.15) is 70.9 Å². The molecule has 0 saturated carbocycles. The van der Waals surface area contributed by atoms with Crippen molar-refractivity contribution in [2.24, 2.45) is 0 Å². The largest absolute Gasteiger partial charge is 0.508 e. The Morgan fingerprint density at radius 2 is 1.33 bits per heavy atom. The van der Waals surface area contributed by atoms with Gasteiger partial charge < -0.3 is 74.4 Å². The fourth-order valence-electron chi connectivity index (χ4n) is 4.92. The van der Waals surface area contributed by atoms with Gasteiger partial charge in [0.2, 0.25) is 17.5 Å². The summed E-state index contributed by atoms with van der Waals surface area (Å²) in [4.78, 5) is 13.7. The number of fused-ring (bicyclic) bond motifs is 1. The number of aromatic hydroxyl groups is 3. The predicted octanol–water partition coefficient (Wildman–Crippen LogP) is -2.42. The van der Waals surface area contributed by atoms with Crippen LogP contribution in [0.4, 0.5) is 0 Å². The minimum absolute atomic E-state index is 0.129. The van der Waals surface area contributed by atoms with Crippen LogP contribution in [0.25, 0.3) is 22.3 Å². The Morgan fingerprint density at radius 3 is 1.95 bits per heavy atom. The molecule has 0 spiro atoms. The zero-order valence-corrected chi connectivity index (χ0v) is 22.1. The Labute approximate surface area is 241 Å². The molecule has 10 atom stereocenters. The lowest BCUT2D eigenvalue weighted by atomic mass is 9.97. The number of aliphatic hydroxyl groups is 7. The summed E-state index contributed by atoms with van der Waals surface area (Å²) in [6.07, 6.45) is -17.7. The van der Waals surface area contributed by atoms with Crippen molar-refractivity contribution in [1.82, 2.24) is 0 Å². The quantitative estimate of drug-likeness (QED) is 0.133. The highest BCUT2D eigenvalue weighted by atomic mass is 16.8. The molecule has 1 aromatic heterocycles. The van der Waals surface area contributed by atoms with E-state index in [0.717, 1.165) is 12.1 Å². The van der Waals surface area contributed by atoms with Gasteiger partial charge >= 0.3 is 0 Å². The van der Waals surface area contributed by atoms with Gasteiger partial charge in [-0.15, -0.1) is 0 Å². The molecule has 3 heterocycles. The van der Waals surface area contributed by atoms with Gasteiger partial charge in [0.15, 0.2) is 18.2 Å². The van der Waals surface area contributed by atoms with E-state index in [0.29, 0.717) is 0 Å². The first-order valence-corrected chi connectivity index (χ1v) is 13.0. The Morgan fingerprint density at radius 1 is 0.721 bits per heavy atom. The van der Waals surface area contributed by atoms with Gasteiger partial charge in [-0.1, -0.05) is 0 Å². The molecule has 2 aliphatic rings. The molecule has 0 radical (unpaired) electrons. The minimum Gasteiger partial charge on any atom is -0.508 e. The fraction of sp³-hybridized carbons (Fsp3) is 0.444. The highest BCUT2D eigenvalue weighted by molar-refractivity contribution is 5.88. The topological polar surface area (TPSA) is 269 Å². The Hall–Kier alpha value is -3.55. The van der Waals surface area contributed by atoms with Crippen LogP contribution in [-0.4, -0.2) is 126 Å². The van der Waals surface area contributed by atoms with Crippen LogP contribution < -0.4 is 10.2 Å². The number of hydrogen-bond donors (Lipinski definition) is 10. The SMILES string of the molecule is O=c1c(O[C@@H]2O[C@@H](CO)[C@@H](O)[C@H](O)[C@H]2O[C@@H]2O[C@H](CO)[C@@H](O)[C@H](O)[C@H]2O)c(-c2ccc(O)cc2)oc2cc(O)cc(O)c12. The van der Waals surface area contributed by atoms with E-state index in [2.05, 4.69) is 0 Å². The van der Waals surface area contributed by atoms with Gasteiger partial charge in [-0.05, 0) is 24.3 Å². The van der Waals surface area contributed by atoms with Crippen molar-refractivity contribution in [2.75, 3.05) is 13.2 Å². The average Bonchev–Trinajstić information content (AvgIpc) is 2.97. The zero-order chi connectivity index (χ0) is 31.2. The van der Waals surface area contributed by atoms with Crippen molar-refractivity contribution >= 4 is 11.0 Å². The molecule has 16 nitrogen and oxygen atoms in total. The molecule has 3 aromatic rings. The third-order valence-corrected chi connectivity index (χ3v) is 7.25. The Kier molecular flexibility index (Phi) is 8.77. The molecule has 43 heavy (non-hydrogen) atoms. The molecule has 234 valence electrons. The smallest absolute Gasteiger partial charge is 0.239 e. The maximum absolute atomic E-state index is 13.7. The maximum atomic E-state index is 13.7. The van der Waals surface area contributed by atoms with Crippen LogP contribution in [0.3, 0.4) is 0 Å². The van der Waals surface area contributed by atoms with E-state index in [1.54, 1.807) is 0 Å². The molecule has 5 rings (SSSR count). The third kappa shape index (κ3) is 5.73. The van der Waals surface area contributed by atoms with Crippen LogP contribution >= 0.6 is 0 Å². The van der Waals surface area contributed by atoms with Gasteiger partial charge in [0, 0.05) is 17.7 Å². The van der Waals surface area contributed by atoms with Gasteiger partial charge in [0.05, 0.1) is 13.2 Å². The van der Waals surface area contributed by atoms with Crippen molar-refractivity contribution in [1.29, 1.82) is 0 Å². The first kappa shape index (κ1) is 30.9. The molecule has 2 aromatic carbocycles. The lowest BCUT2D eigenvalue weighted by molar-refractivity contribution is -0.358. The fourth-order valence-corrected chi connectivity index (χ4v) is 4.92. The Balaban J connectivity index is 1.60. The molecule has 2 fully saturated rings. The number of phenols is 3. The van der Waals surface area contributed by atoms with Crippen molar-refractivity contribution in [3.8, 4) is 34.3 Å². The number of rotatable bonds is 7. The summed E-state index contributed by atoms with van der Waals surface area (Å²) < 4.78 is 28.3. The number of phenolic OH excluding ortho intramolecular Hbond substituents is 3. The molecule has 0 unspecified atom stereocenters. The van der Waals surface area contributed by atoms with Crippen LogP contribution in [-0.2, 0) is 14.2 Å². The van der Waals surface area contributed by atoms with Crippen LogP contribution in [0.15, 0.2) is 45.6 Å². The van der Waals surface area contributed by atoms with Crippen molar-refractivity contribution < 1.29 is 74.4 Å². The molecule has 2 aliphatic heterocycles. The summed E-state index contributed by atoms with van der Waals surface area (Å²) in [5, 5.41) is 101. The minimum atomic E-state index is -1.93. The van der Waals surface area contributed by atoms with Crippen LogP contribution in [0.2, 0.25) is 0 Å². The van der Waals surface area contributed by atoms with Gasteiger partial charge in [-0.25, -0.2) is 0 Å². The predicted molar refractivity (Wildman–Crippen MR) is 140 cm³/mol. The van der Waals surface area contributed by atoms with Gasteiger partial charge in [-0.3, -0.25) is 4.79 Å².